The number of nitrogens with zero attached hydrogens (tertiary/aromatic N) is 1. The minimum atomic E-state index is -4.68. The van der Waals surface area contributed by atoms with E-state index in [1.807, 2.05) is 0 Å². The van der Waals surface area contributed by atoms with Crippen LogP contribution in [-0.2, 0) is 0 Å². The Morgan fingerprint density at radius 1 is 1.09 bits per heavy atom. The minimum Gasteiger partial charge on any atom is -0.406 e. The molecule has 2 aromatic rings. The molecule has 0 bridgehead atoms. The van der Waals surface area contributed by atoms with Crippen molar-refractivity contribution in [2.24, 2.45) is 0 Å². The summed E-state index contributed by atoms with van der Waals surface area (Å²) in [6, 6.07) is 5.82. The number of anilines is 1. The lowest BCUT2D eigenvalue weighted by Gasteiger charge is -2.21. The van der Waals surface area contributed by atoms with Gasteiger partial charge in [-0.25, -0.2) is 4.98 Å². The van der Waals surface area contributed by atoms with Gasteiger partial charge in [-0.3, -0.25) is 0 Å². The molecule has 3 rings (SSSR count). The molecule has 7 heteroatoms. The quantitative estimate of drug-likeness (QED) is 0.819. The van der Waals surface area contributed by atoms with Gasteiger partial charge in [-0.05, 0) is 43.0 Å². The third-order valence-corrected chi connectivity index (χ3v) is 5.05. The maximum Gasteiger partial charge on any atom is 0.573 e. The lowest BCUT2D eigenvalue weighted by Crippen LogP contribution is -2.16. The first-order valence-electron chi connectivity index (χ1n) is 7.55. The molecule has 0 saturated heterocycles. The Labute approximate surface area is 136 Å². The maximum absolute atomic E-state index is 12.2. The fourth-order valence-electron chi connectivity index (χ4n) is 3.01. The number of ether oxygens (including phenoxy) is 1. The molecule has 0 amide bonds. The van der Waals surface area contributed by atoms with Gasteiger partial charge in [-0.15, -0.1) is 24.5 Å². The summed E-state index contributed by atoms with van der Waals surface area (Å²) in [5, 5.41) is 0.496. The molecule has 0 unspecified atom stereocenters. The predicted octanol–water partition coefficient (Wildman–Crippen LogP) is 5.34. The Hall–Kier alpha value is -1.76. The van der Waals surface area contributed by atoms with Crippen LogP contribution in [0.4, 0.5) is 18.3 Å². The van der Waals surface area contributed by atoms with E-state index >= 15 is 0 Å². The Bertz CT molecular complexity index is 661. The lowest BCUT2D eigenvalue weighted by atomic mass is 9.87. The molecule has 0 aliphatic heterocycles. The van der Waals surface area contributed by atoms with Gasteiger partial charge in [0.25, 0.3) is 0 Å². The minimum absolute atomic E-state index is 0.233. The molecule has 1 saturated carbocycles. The van der Waals surface area contributed by atoms with Crippen LogP contribution in [0.2, 0.25) is 0 Å². The number of hydrogen-bond acceptors (Lipinski definition) is 4. The lowest BCUT2D eigenvalue weighted by molar-refractivity contribution is -0.274. The first-order chi connectivity index (χ1) is 10.9. The number of alkyl halides is 3. The van der Waals surface area contributed by atoms with E-state index < -0.39 is 6.36 Å². The molecule has 0 atom stereocenters. The van der Waals surface area contributed by atoms with E-state index in [0.717, 1.165) is 29.0 Å². The zero-order valence-electron chi connectivity index (χ0n) is 12.4. The average molecular weight is 342 g/mol. The molecule has 1 aromatic heterocycles. The molecule has 23 heavy (non-hydrogen) atoms. The van der Waals surface area contributed by atoms with Crippen molar-refractivity contribution in [2.75, 3.05) is 5.73 Å². The van der Waals surface area contributed by atoms with E-state index in [2.05, 4.69) is 9.72 Å². The van der Waals surface area contributed by atoms with Crippen LogP contribution in [-0.4, -0.2) is 11.3 Å². The van der Waals surface area contributed by atoms with Gasteiger partial charge in [-0.1, -0.05) is 19.3 Å². The third kappa shape index (κ3) is 3.96. The fraction of sp³-hybridized carbons (Fsp3) is 0.438. The highest BCUT2D eigenvalue weighted by Gasteiger charge is 2.31. The van der Waals surface area contributed by atoms with E-state index in [4.69, 9.17) is 5.73 Å². The standard InChI is InChI=1S/C16H17F3N2OS/c17-16(18,19)22-12-8-6-10(7-9-12)13-14(23-15(20)21-13)11-4-2-1-3-5-11/h6-9,11H,1-5H2,(H2,20,21). The van der Waals surface area contributed by atoms with Gasteiger partial charge in [0, 0.05) is 10.4 Å². The molecule has 124 valence electrons. The topological polar surface area (TPSA) is 48.1 Å². The van der Waals surface area contributed by atoms with Crippen molar-refractivity contribution >= 4 is 16.5 Å². The van der Waals surface area contributed by atoms with Gasteiger partial charge in [0.05, 0.1) is 5.69 Å². The summed E-state index contributed by atoms with van der Waals surface area (Å²) in [6.45, 7) is 0. The number of rotatable bonds is 3. The summed E-state index contributed by atoms with van der Waals surface area (Å²) in [5.74, 6) is 0.211. The highest BCUT2D eigenvalue weighted by Crippen LogP contribution is 2.42. The third-order valence-electron chi connectivity index (χ3n) is 4.01. The molecule has 0 radical (unpaired) electrons. The number of benzene rings is 1. The van der Waals surface area contributed by atoms with Gasteiger partial charge in [0.2, 0.25) is 0 Å². The number of thiazole rings is 1. The predicted molar refractivity (Wildman–Crippen MR) is 84.5 cm³/mol. The second-order valence-corrected chi connectivity index (χ2v) is 6.73. The average Bonchev–Trinajstić information content (AvgIpc) is 2.89. The van der Waals surface area contributed by atoms with Crippen molar-refractivity contribution in [1.29, 1.82) is 0 Å². The Morgan fingerprint density at radius 2 is 1.74 bits per heavy atom. The van der Waals surface area contributed by atoms with E-state index in [0.29, 0.717) is 11.0 Å². The van der Waals surface area contributed by atoms with Crippen molar-refractivity contribution in [3.63, 3.8) is 0 Å². The van der Waals surface area contributed by atoms with E-state index in [1.54, 1.807) is 12.1 Å². The second kappa shape index (κ2) is 6.39. The normalized spacial score (nSPS) is 16.5. The van der Waals surface area contributed by atoms with Crippen LogP contribution in [0.5, 0.6) is 5.75 Å². The number of aromatic nitrogens is 1. The molecule has 0 spiro atoms. The van der Waals surface area contributed by atoms with Crippen molar-refractivity contribution < 1.29 is 17.9 Å². The van der Waals surface area contributed by atoms with Crippen molar-refractivity contribution in [3.8, 4) is 17.0 Å². The number of hydrogen-bond donors (Lipinski definition) is 1. The summed E-state index contributed by atoms with van der Waals surface area (Å²) in [7, 11) is 0. The zero-order valence-corrected chi connectivity index (χ0v) is 13.2. The largest absolute Gasteiger partial charge is 0.573 e. The van der Waals surface area contributed by atoms with E-state index in [1.165, 1.54) is 42.7 Å². The maximum atomic E-state index is 12.2. The number of halogens is 3. The summed E-state index contributed by atoms with van der Waals surface area (Å²) in [5.41, 5.74) is 7.43. The molecule has 1 aromatic carbocycles. The number of nitrogens with two attached hydrogens (primary N) is 1. The van der Waals surface area contributed by atoms with Gasteiger partial charge in [-0.2, -0.15) is 0 Å². The molecule has 1 aliphatic rings. The van der Waals surface area contributed by atoms with Crippen LogP contribution in [0.1, 0.15) is 42.9 Å². The first kappa shape index (κ1) is 16.1. The van der Waals surface area contributed by atoms with Crippen molar-refractivity contribution in [2.45, 2.75) is 44.4 Å². The highest BCUT2D eigenvalue weighted by molar-refractivity contribution is 7.15. The molecular weight excluding hydrogens is 325 g/mol. The van der Waals surface area contributed by atoms with Crippen LogP contribution < -0.4 is 10.5 Å². The highest BCUT2D eigenvalue weighted by atomic mass is 32.1. The molecule has 2 N–H and O–H groups in total. The summed E-state index contributed by atoms with van der Waals surface area (Å²) >= 11 is 1.49. The fourth-order valence-corrected chi connectivity index (χ4v) is 4.04. The first-order valence-corrected chi connectivity index (χ1v) is 8.36. The Kier molecular flexibility index (Phi) is 4.48. The van der Waals surface area contributed by atoms with Crippen molar-refractivity contribution in [3.05, 3.63) is 29.1 Å². The summed E-state index contributed by atoms with van der Waals surface area (Å²) in [6.07, 6.45) is 1.19. The zero-order chi connectivity index (χ0) is 16.4. The molecular formula is C16H17F3N2OS. The Morgan fingerprint density at radius 3 is 2.35 bits per heavy atom. The Balaban J connectivity index is 1.86. The SMILES string of the molecule is Nc1nc(-c2ccc(OC(F)(F)F)cc2)c(C2CCCCC2)s1. The molecule has 1 aliphatic carbocycles. The monoisotopic (exact) mass is 342 g/mol. The van der Waals surface area contributed by atoms with Gasteiger partial charge in [0.15, 0.2) is 5.13 Å². The van der Waals surface area contributed by atoms with Crippen LogP contribution in [0.25, 0.3) is 11.3 Å². The van der Waals surface area contributed by atoms with Crippen LogP contribution in [0, 0.1) is 0 Å². The van der Waals surface area contributed by atoms with Gasteiger partial charge >= 0.3 is 6.36 Å². The van der Waals surface area contributed by atoms with Crippen LogP contribution >= 0.6 is 11.3 Å². The summed E-state index contributed by atoms with van der Waals surface area (Å²) in [4.78, 5) is 5.54. The molecule has 3 nitrogen and oxygen atoms in total. The van der Waals surface area contributed by atoms with Gasteiger partial charge < -0.3 is 10.5 Å². The smallest absolute Gasteiger partial charge is 0.406 e. The second-order valence-electron chi connectivity index (χ2n) is 5.67. The molecule has 1 fully saturated rings. The van der Waals surface area contributed by atoms with Crippen LogP contribution in [0.15, 0.2) is 24.3 Å². The summed E-state index contributed by atoms with van der Waals surface area (Å²) < 4.78 is 40.6. The number of nitrogen functional groups attached to an aromatic ring is 1. The van der Waals surface area contributed by atoms with Gasteiger partial charge in [0.1, 0.15) is 5.75 Å². The van der Waals surface area contributed by atoms with E-state index in [9.17, 15) is 13.2 Å². The van der Waals surface area contributed by atoms with Crippen molar-refractivity contribution in [1.82, 2.24) is 4.98 Å². The van der Waals surface area contributed by atoms with Crippen LogP contribution in [0.3, 0.4) is 0 Å². The van der Waals surface area contributed by atoms with E-state index in [-0.39, 0.29) is 5.75 Å². The molecule has 1 heterocycles.